The highest BCUT2D eigenvalue weighted by molar-refractivity contribution is 6.36. The van der Waals surface area contributed by atoms with Crippen LogP contribution in [0.15, 0.2) is 0 Å². The van der Waals surface area contributed by atoms with Crippen molar-refractivity contribution in [2.75, 3.05) is 13.2 Å². The zero-order valence-corrected chi connectivity index (χ0v) is 11.2. The number of esters is 1. The van der Waals surface area contributed by atoms with E-state index in [2.05, 4.69) is 5.32 Å². The van der Waals surface area contributed by atoms with Crippen LogP contribution in [-0.2, 0) is 19.1 Å². The van der Waals surface area contributed by atoms with Crippen LogP contribution in [0.2, 0.25) is 0 Å². The number of ether oxygens (including phenoxy) is 1. The highest BCUT2D eigenvalue weighted by atomic mass is 16.5. The minimum atomic E-state index is -0.730. The molecule has 1 aliphatic carbocycles. The molecule has 1 atom stereocenters. The molecule has 0 aromatic carbocycles. The number of hydrogen-bond acceptors (Lipinski definition) is 4. The van der Waals surface area contributed by atoms with Crippen LogP contribution in [0.1, 0.15) is 39.0 Å². The molecular weight excluding hydrogens is 248 g/mol. The Morgan fingerprint density at radius 3 is 2.63 bits per heavy atom. The van der Waals surface area contributed by atoms with Crippen LogP contribution in [-0.4, -0.2) is 47.9 Å². The van der Waals surface area contributed by atoms with Gasteiger partial charge in [0.2, 0.25) is 0 Å². The lowest BCUT2D eigenvalue weighted by atomic mass is 9.93. The number of nitrogens with one attached hydrogen (secondary N) is 1. The summed E-state index contributed by atoms with van der Waals surface area (Å²) >= 11 is 0. The molecule has 19 heavy (non-hydrogen) atoms. The molecule has 1 heterocycles. The number of piperazine rings is 1. The number of carbonyl (C=O) groups excluding carboxylic acids is 3. The Labute approximate surface area is 112 Å². The first-order chi connectivity index (χ1) is 9.13. The lowest BCUT2D eigenvalue weighted by Gasteiger charge is -2.38. The van der Waals surface area contributed by atoms with Gasteiger partial charge in [-0.25, -0.2) is 4.79 Å². The van der Waals surface area contributed by atoms with Gasteiger partial charge < -0.3 is 15.0 Å². The summed E-state index contributed by atoms with van der Waals surface area (Å²) in [6.45, 7) is 2.21. The zero-order chi connectivity index (χ0) is 13.8. The van der Waals surface area contributed by atoms with Crippen molar-refractivity contribution in [1.29, 1.82) is 0 Å². The summed E-state index contributed by atoms with van der Waals surface area (Å²) in [5.74, 6) is -1.69. The minimum Gasteiger partial charge on any atom is -0.464 e. The lowest BCUT2D eigenvalue weighted by Crippen LogP contribution is -2.63. The normalized spacial score (nSPS) is 25.1. The standard InChI is InChI=1S/C13H20N2O4/c1-2-19-13(18)10-8-15(12(17)11(16)14-10)9-6-4-3-5-7-9/h9-10H,2-8H2,1H3,(H,14,16)/t10-/m1/s1. The van der Waals surface area contributed by atoms with Crippen LogP contribution < -0.4 is 5.32 Å². The molecular formula is C13H20N2O4. The molecule has 0 aromatic rings. The van der Waals surface area contributed by atoms with E-state index < -0.39 is 23.8 Å². The Morgan fingerprint density at radius 1 is 1.32 bits per heavy atom. The first-order valence-corrected chi connectivity index (χ1v) is 6.91. The van der Waals surface area contributed by atoms with E-state index in [1.54, 1.807) is 11.8 Å². The SMILES string of the molecule is CCOC(=O)[C@H]1CN(C2CCCCC2)C(=O)C(=O)N1. The van der Waals surface area contributed by atoms with Crippen molar-refractivity contribution in [3.8, 4) is 0 Å². The smallest absolute Gasteiger partial charge is 0.330 e. The molecule has 2 amide bonds. The van der Waals surface area contributed by atoms with Gasteiger partial charge in [-0.05, 0) is 19.8 Å². The highest BCUT2D eigenvalue weighted by Crippen LogP contribution is 2.24. The van der Waals surface area contributed by atoms with Crippen LogP contribution in [0.5, 0.6) is 0 Å². The molecule has 6 heteroatoms. The van der Waals surface area contributed by atoms with Crippen LogP contribution in [0.25, 0.3) is 0 Å². The molecule has 2 aliphatic rings. The zero-order valence-electron chi connectivity index (χ0n) is 11.2. The molecule has 1 saturated heterocycles. The van der Waals surface area contributed by atoms with Gasteiger partial charge in [0.05, 0.1) is 13.2 Å². The Hall–Kier alpha value is -1.59. The van der Waals surface area contributed by atoms with Crippen molar-refractivity contribution < 1.29 is 19.1 Å². The molecule has 0 unspecified atom stereocenters. The Bertz CT molecular complexity index is 377. The summed E-state index contributed by atoms with van der Waals surface area (Å²) in [7, 11) is 0. The molecule has 1 saturated carbocycles. The van der Waals surface area contributed by atoms with Gasteiger partial charge >= 0.3 is 17.8 Å². The topological polar surface area (TPSA) is 75.7 Å². The van der Waals surface area contributed by atoms with Gasteiger partial charge in [0.15, 0.2) is 0 Å². The third-order valence-electron chi connectivity index (χ3n) is 3.73. The fraction of sp³-hybridized carbons (Fsp3) is 0.769. The van der Waals surface area contributed by atoms with E-state index in [1.165, 1.54) is 6.42 Å². The van der Waals surface area contributed by atoms with E-state index in [4.69, 9.17) is 4.74 Å². The van der Waals surface area contributed by atoms with E-state index in [1.807, 2.05) is 0 Å². The number of rotatable bonds is 3. The summed E-state index contributed by atoms with van der Waals surface area (Å²) in [4.78, 5) is 36.8. The number of nitrogens with zero attached hydrogens (tertiary/aromatic N) is 1. The maximum absolute atomic E-state index is 11.9. The van der Waals surface area contributed by atoms with E-state index in [0.717, 1.165) is 25.7 Å². The van der Waals surface area contributed by atoms with Crippen molar-refractivity contribution in [1.82, 2.24) is 10.2 Å². The van der Waals surface area contributed by atoms with Gasteiger partial charge in [0.1, 0.15) is 6.04 Å². The summed E-state index contributed by atoms with van der Waals surface area (Å²) in [5.41, 5.74) is 0. The number of amides is 2. The molecule has 0 spiro atoms. The molecule has 6 nitrogen and oxygen atoms in total. The fourth-order valence-electron chi connectivity index (χ4n) is 2.76. The van der Waals surface area contributed by atoms with E-state index >= 15 is 0 Å². The molecule has 0 bridgehead atoms. The Morgan fingerprint density at radius 2 is 2.00 bits per heavy atom. The summed E-state index contributed by atoms with van der Waals surface area (Å²) in [5, 5.41) is 2.42. The van der Waals surface area contributed by atoms with Crippen LogP contribution in [0.3, 0.4) is 0 Å². The minimum absolute atomic E-state index is 0.0872. The predicted molar refractivity (Wildman–Crippen MR) is 67.1 cm³/mol. The molecule has 0 radical (unpaired) electrons. The van der Waals surface area contributed by atoms with Crippen LogP contribution in [0.4, 0.5) is 0 Å². The number of hydrogen-bond donors (Lipinski definition) is 1. The Kier molecular flexibility index (Phi) is 4.39. The van der Waals surface area contributed by atoms with Gasteiger partial charge in [-0.3, -0.25) is 9.59 Å². The van der Waals surface area contributed by atoms with Crippen molar-refractivity contribution in [3.63, 3.8) is 0 Å². The van der Waals surface area contributed by atoms with Gasteiger partial charge in [0.25, 0.3) is 0 Å². The monoisotopic (exact) mass is 268 g/mol. The van der Waals surface area contributed by atoms with E-state index in [9.17, 15) is 14.4 Å². The predicted octanol–water partition coefficient (Wildman–Crippen LogP) is 0.209. The average molecular weight is 268 g/mol. The largest absolute Gasteiger partial charge is 0.464 e. The van der Waals surface area contributed by atoms with Gasteiger partial charge in [0, 0.05) is 6.04 Å². The van der Waals surface area contributed by atoms with E-state index in [0.29, 0.717) is 0 Å². The number of carbonyl (C=O) groups is 3. The molecule has 1 aliphatic heterocycles. The third kappa shape index (κ3) is 3.05. The average Bonchev–Trinajstić information content (AvgIpc) is 2.43. The molecule has 2 rings (SSSR count). The van der Waals surface area contributed by atoms with Crippen LogP contribution in [0, 0.1) is 0 Å². The maximum Gasteiger partial charge on any atom is 0.330 e. The van der Waals surface area contributed by atoms with E-state index in [-0.39, 0.29) is 19.2 Å². The molecule has 1 N–H and O–H groups in total. The third-order valence-corrected chi connectivity index (χ3v) is 3.73. The molecule has 2 fully saturated rings. The lowest BCUT2D eigenvalue weighted by molar-refractivity contribution is -0.158. The second-order valence-electron chi connectivity index (χ2n) is 5.03. The summed E-state index contributed by atoms with van der Waals surface area (Å²) in [6, 6.07) is -0.642. The Balaban J connectivity index is 2.06. The van der Waals surface area contributed by atoms with Crippen molar-refractivity contribution in [2.24, 2.45) is 0 Å². The van der Waals surface area contributed by atoms with Crippen LogP contribution >= 0.6 is 0 Å². The maximum atomic E-state index is 11.9. The van der Waals surface area contributed by atoms with Gasteiger partial charge in [-0.1, -0.05) is 19.3 Å². The van der Waals surface area contributed by atoms with Gasteiger partial charge in [-0.2, -0.15) is 0 Å². The fourth-order valence-corrected chi connectivity index (χ4v) is 2.76. The molecule has 0 aromatic heterocycles. The quantitative estimate of drug-likeness (QED) is 0.586. The summed E-state index contributed by atoms with van der Waals surface area (Å²) < 4.78 is 4.91. The van der Waals surface area contributed by atoms with Gasteiger partial charge in [-0.15, -0.1) is 0 Å². The highest BCUT2D eigenvalue weighted by Gasteiger charge is 2.39. The second kappa shape index (κ2) is 6.04. The summed E-state index contributed by atoms with van der Waals surface area (Å²) in [6.07, 6.45) is 5.13. The molecule has 106 valence electrons. The van der Waals surface area contributed by atoms with Crippen molar-refractivity contribution in [2.45, 2.75) is 51.1 Å². The van der Waals surface area contributed by atoms with Crippen molar-refractivity contribution in [3.05, 3.63) is 0 Å². The first kappa shape index (κ1) is 13.8. The van der Waals surface area contributed by atoms with Crippen molar-refractivity contribution >= 4 is 17.8 Å². The first-order valence-electron chi connectivity index (χ1n) is 6.91. The second-order valence-corrected chi connectivity index (χ2v) is 5.03.